The summed E-state index contributed by atoms with van der Waals surface area (Å²) in [6.07, 6.45) is 4.41. The van der Waals surface area contributed by atoms with Crippen LogP contribution in [0.2, 0.25) is 0 Å². The van der Waals surface area contributed by atoms with E-state index in [1.54, 1.807) is 41.2 Å². The van der Waals surface area contributed by atoms with Crippen molar-refractivity contribution in [3.8, 4) is 0 Å². The molecule has 4 heterocycles. The highest BCUT2D eigenvalue weighted by molar-refractivity contribution is 7.11. The molecule has 2 fully saturated rings. The van der Waals surface area contributed by atoms with Crippen molar-refractivity contribution in [1.82, 2.24) is 19.4 Å². The Hall–Kier alpha value is -3.61. The van der Waals surface area contributed by atoms with Gasteiger partial charge in [-0.3, -0.25) is 9.69 Å². The third-order valence-corrected chi connectivity index (χ3v) is 8.98. The lowest BCUT2D eigenvalue weighted by Gasteiger charge is -2.48. The fourth-order valence-electron chi connectivity index (χ4n) is 5.54. The quantitative estimate of drug-likeness (QED) is 0.314. The average Bonchev–Trinajstić information content (AvgIpc) is 3.66. The van der Waals surface area contributed by atoms with Crippen LogP contribution >= 0.6 is 11.3 Å². The van der Waals surface area contributed by atoms with E-state index < -0.39 is 0 Å². The molecule has 3 aromatic heterocycles. The van der Waals surface area contributed by atoms with Gasteiger partial charge in [0.25, 0.3) is 11.4 Å². The molecular weight excluding hydrogens is 499 g/mol. The van der Waals surface area contributed by atoms with E-state index in [-0.39, 0.29) is 29.5 Å². The Kier molecular flexibility index (Phi) is 6.25. The highest BCUT2D eigenvalue weighted by Gasteiger charge is 2.38. The zero-order valence-corrected chi connectivity index (χ0v) is 22.5. The fraction of sp³-hybridized carbons (Fsp3) is 0.379. The monoisotopic (exact) mass is 528 g/mol. The average molecular weight is 529 g/mol. The highest BCUT2D eigenvalue weighted by Crippen LogP contribution is 2.45. The van der Waals surface area contributed by atoms with Crippen LogP contribution in [-0.2, 0) is 7.05 Å². The summed E-state index contributed by atoms with van der Waals surface area (Å²) in [5, 5.41) is 1.19. The molecule has 0 amide bonds. The number of anilines is 1. The van der Waals surface area contributed by atoms with Gasteiger partial charge in [-0.25, -0.2) is 9.37 Å². The van der Waals surface area contributed by atoms with Gasteiger partial charge in [-0.2, -0.15) is 0 Å². The number of rotatable bonds is 5. The Balaban J connectivity index is 1.38. The molecule has 9 heteroatoms. The first-order valence-electron chi connectivity index (χ1n) is 13.0. The number of aromatic nitrogens is 3. The number of nitrogens with zero attached hydrogens (tertiary/aromatic N) is 6. The summed E-state index contributed by atoms with van der Waals surface area (Å²) in [5.41, 5.74) is 3.09. The summed E-state index contributed by atoms with van der Waals surface area (Å²) in [5.74, 6) is 0.646. The Morgan fingerprint density at radius 1 is 1.11 bits per heavy atom. The molecule has 1 aromatic carbocycles. The van der Waals surface area contributed by atoms with Gasteiger partial charge < -0.3 is 14.3 Å². The predicted octanol–water partition coefficient (Wildman–Crippen LogP) is 5.65. The molecule has 0 N–H and O–H groups in total. The minimum Gasteiger partial charge on any atom is -0.362 e. The van der Waals surface area contributed by atoms with E-state index in [9.17, 15) is 9.18 Å². The molecule has 1 aliphatic carbocycles. The predicted molar refractivity (Wildman–Crippen MR) is 149 cm³/mol. The van der Waals surface area contributed by atoms with Crippen molar-refractivity contribution in [3.05, 3.63) is 91.7 Å². The molecule has 7 nitrogen and oxygen atoms in total. The van der Waals surface area contributed by atoms with Crippen LogP contribution in [0.25, 0.3) is 15.9 Å². The van der Waals surface area contributed by atoms with Gasteiger partial charge in [0.1, 0.15) is 5.82 Å². The van der Waals surface area contributed by atoms with Gasteiger partial charge in [0.05, 0.1) is 22.3 Å². The summed E-state index contributed by atoms with van der Waals surface area (Å²) >= 11 is 1.77. The lowest BCUT2D eigenvalue weighted by molar-refractivity contribution is 0.131. The summed E-state index contributed by atoms with van der Waals surface area (Å²) < 4.78 is 15.4. The van der Waals surface area contributed by atoms with Gasteiger partial charge in [0.2, 0.25) is 5.52 Å². The van der Waals surface area contributed by atoms with Gasteiger partial charge in [0.15, 0.2) is 0 Å². The number of hydrogen-bond donors (Lipinski definition) is 0. The van der Waals surface area contributed by atoms with Gasteiger partial charge >= 0.3 is 0 Å². The van der Waals surface area contributed by atoms with Crippen molar-refractivity contribution in [2.75, 3.05) is 18.0 Å². The van der Waals surface area contributed by atoms with E-state index in [4.69, 9.17) is 11.6 Å². The van der Waals surface area contributed by atoms with Gasteiger partial charge in [-0.1, -0.05) is 18.7 Å². The molecule has 1 saturated heterocycles. The van der Waals surface area contributed by atoms with Crippen molar-refractivity contribution in [1.29, 1.82) is 0 Å². The second-order valence-electron chi connectivity index (χ2n) is 10.5. The first-order valence-corrected chi connectivity index (χ1v) is 13.8. The minimum absolute atomic E-state index is 0.0348. The molecular formula is C29H29FN6OS. The molecule has 3 atom stereocenters. The normalized spacial score (nSPS) is 21.0. The number of hydrogen-bond acceptors (Lipinski definition) is 6. The van der Waals surface area contributed by atoms with E-state index in [0.29, 0.717) is 29.3 Å². The molecule has 0 bridgehead atoms. The van der Waals surface area contributed by atoms with E-state index in [1.807, 2.05) is 18.3 Å². The summed E-state index contributed by atoms with van der Waals surface area (Å²) in [7, 11) is 1.73. The Labute approximate surface area is 225 Å². The largest absolute Gasteiger partial charge is 0.362 e. The molecule has 0 spiro atoms. The molecule has 1 saturated carbocycles. The van der Waals surface area contributed by atoms with Crippen molar-refractivity contribution in [2.45, 2.75) is 50.7 Å². The van der Waals surface area contributed by atoms with E-state index in [1.165, 1.54) is 34.9 Å². The van der Waals surface area contributed by atoms with E-state index >= 15 is 0 Å². The zero-order valence-electron chi connectivity index (χ0n) is 21.6. The molecule has 4 aromatic rings. The second-order valence-corrected chi connectivity index (χ2v) is 11.5. The van der Waals surface area contributed by atoms with E-state index in [2.05, 4.69) is 33.5 Å². The lowest BCUT2D eigenvalue weighted by atomic mass is 9.98. The fourth-order valence-corrected chi connectivity index (χ4v) is 6.78. The molecule has 1 aliphatic heterocycles. The third kappa shape index (κ3) is 4.38. The van der Waals surface area contributed by atoms with Gasteiger partial charge in [0, 0.05) is 55.3 Å². The van der Waals surface area contributed by atoms with Gasteiger partial charge in [-0.15, -0.1) is 16.3 Å². The number of aryl methyl sites for hydroxylation is 1. The van der Waals surface area contributed by atoms with Crippen LogP contribution < -0.4 is 10.5 Å². The van der Waals surface area contributed by atoms with E-state index in [0.717, 1.165) is 17.8 Å². The first-order chi connectivity index (χ1) is 18.3. The van der Waals surface area contributed by atoms with Gasteiger partial charge in [-0.05, 0) is 56.5 Å². The first kappa shape index (κ1) is 24.7. The third-order valence-electron chi connectivity index (χ3n) is 7.77. The van der Waals surface area contributed by atoms with Crippen LogP contribution in [0.4, 0.5) is 15.9 Å². The molecule has 2 aliphatic rings. The Bertz CT molecular complexity index is 1600. The number of fused-ring (bicyclic) bond motifs is 1. The standard InChI is InChI=1S/C29H29FN6OS/c1-17-16-36(28(19-7-9-21(30)10-8-19)24-14-32-29(38-24)20-5-6-20)18(2)15-35(17)23-13-26(37)34(4)22-11-12-25(31-3)33-27(22)23/h7-14,17-18,20,28H,5-6,15-16H2,1-2,4H3/t17-,18+,28?/m0/s1. The SMILES string of the molecule is [C-]#[N+]c1ccc2c(n1)c(N1C[C@@H](C)N(C(c3ccc(F)cc3)c3cnc(C4CC4)s3)C[C@@H]1C)cc(=O)n2C. The molecule has 6 rings (SSSR count). The van der Waals surface area contributed by atoms with Crippen LogP contribution in [0.3, 0.4) is 0 Å². The topological polar surface area (TPSA) is 58.6 Å². The maximum Gasteiger partial charge on any atom is 0.270 e. The zero-order chi connectivity index (χ0) is 26.6. The maximum absolute atomic E-state index is 13.9. The Morgan fingerprint density at radius 2 is 1.87 bits per heavy atom. The molecule has 38 heavy (non-hydrogen) atoms. The van der Waals surface area contributed by atoms with Crippen molar-refractivity contribution in [3.63, 3.8) is 0 Å². The van der Waals surface area contributed by atoms with Crippen LogP contribution in [0, 0.1) is 12.4 Å². The summed E-state index contributed by atoms with van der Waals surface area (Å²) in [6.45, 7) is 13.2. The van der Waals surface area contributed by atoms with Crippen LogP contribution in [0.15, 0.2) is 53.5 Å². The van der Waals surface area contributed by atoms with Crippen LogP contribution in [-0.4, -0.2) is 44.6 Å². The van der Waals surface area contributed by atoms with Crippen molar-refractivity contribution in [2.24, 2.45) is 7.05 Å². The number of halogens is 1. The number of thiazole rings is 1. The molecule has 194 valence electrons. The smallest absolute Gasteiger partial charge is 0.270 e. The van der Waals surface area contributed by atoms with Crippen molar-refractivity contribution >= 4 is 33.9 Å². The number of piperazine rings is 1. The maximum atomic E-state index is 13.9. The number of pyridine rings is 2. The number of benzene rings is 1. The summed E-state index contributed by atoms with van der Waals surface area (Å²) in [6, 6.07) is 12.1. The second kappa shape index (κ2) is 9.61. The van der Waals surface area contributed by atoms with Crippen molar-refractivity contribution < 1.29 is 4.39 Å². The Morgan fingerprint density at radius 3 is 2.58 bits per heavy atom. The summed E-state index contributed by atoms with van der Waals surface area (Å²) in [4.78, 5) is 31.6. The molecule has 1 unspecified atom stereocenters. The van der Waals surface area contributed by atoms with Crippen LogP contribution in [0.5, 0.6) is 0 Å². The minimum atomic E-state index is -0.245. The lowest BCUT2D eigenvalue weighted by Crippen LogP contribution is -2.57. The van der Waals surface area contributed by atoms with Crippen LogP contribution in [0.1, 0.15) is 54.1 Å². The highest BCUT2D eigenvalue weighted by atomic mass is 32.1. The molecule has 0 radical (unpaired) electrons.